The highest BCUT2D eigenvalue weighted by atomic mass is 16.3. The molecule has 0 aliphatic carbocycles. The van der Waals surface area contributed by atoms with Gasteiger partial charge in [-0.05, 0) is 6.07 Å². The van der Waals surface area contributed by atoms with Crippen molar-refractivity contribution < 1.29 is 9.90 Å². The minimum Gasteiger partial charge on any atom is -0.506 e. The Morgan fingerprint density at radius 2 is 2.35 bits per heavy atom. The molecule has 0 atom stereocenters. The summed E-state index contributed by atoms with van der Waals surface area (Å²) in [6.07, 6.45) is 6.71. The molecule has 2 rings (SSSR count). The van der Waals surface area contributed by atoms with Crippen molar-refractivity contribution in [2.45, 2.75) is 6.42 Å². The molecule has 0 radical (unpaired) electrons. The van der Waals surface area contributed by atoms with Crippen LogP contribution in [0, 0.1) is 0 Å². The monoisotopic (exact) mass is 232 g/mol. The number of carbonyl (C=O) groups excluding carboxylic acids is 1. The molecule has 6 heteroatoms. The van der Waals surface area contributed by atoms with Crippen LogP contribution in [0.3, 0.4) is 0 Å². The van der Waals surface area contributed by atoms with E-state index in [0.29, 0.717) is 18.5 Å². The Hall–Kier alpha value is -2.37. The van der Waals surface area contributed by atoms with Crippen LogP contribution < -0.4 is 5.32 Å². The average Bonchev–Trinajstić information content (AvgIpc) is 2.82. The van der Waals surface area contributed by atoms with E-state index in [0.717, 1.165) is 5.82 Å². The SMILES string of the molecule is O=C(NCCc1ncc[nH]1)c1cncc(O)c1. The van der Waals surface area contributed by atoms with Gasteiger partial charge in [-0.25, -0.2) is 4.98 Å². The lowest BCUT2D eigenvalue weighted by Crippen LogP contribution is -2.26. The second-order valence-electron chi connectivity index (χ2n) is 3.47. The smallest absolute Gasteiger partial charge is 0.252 e. The molecular weight excluding hydrogens is 220 g/mol. The van der Waals surface area contributed by atoms with Gasteiger partial charge < -0.3 is 15.4 Å². The zero-order chi connectivity index (χ0) is 12.1. The fraction of sp³-hybridized carbons (Fsp3) is 0.182. The second-order valence-corrected chi connectivity index (χ2v) is 3.47. The van der Waals surface area contributed by atoms with Gasteiger partial charge in [0.1, 0.15) is 11.6 Å². The van der Waals surface area contributed by atoms with E-state index < -0.39 is 0 Å². The summed E-state index contributed by atoms with van der Waals surface area (Å²) in [4.78, 5) is 22.4. The molecule has 17 heavy (non-hydrogen) atoms. The van der Waals surface area contributed by atoms with Crippen molar-refractivity contribution in [1.29, 1.82) is 0 Å². The molecule has 0 saturated carbocycles. The fourth-order valence-electron chi connectivity index (χ4n) is 1.38. The number of aromatic amines is 1. The summed E-state index contributed by atoms with van der Waals surface area (Å²) in [6, 6.07) is 1.37. The molecule has 3 N–H and O–H groups in total. The van der Waals surface area contributed by atoms with Crippen LogP contribution in [0.2, 0.25) is 0 Å². The average molecular weight is 232 g/mol. The third-order valence-corrected chi connectivity index (χ3v) is 2.19. The number of hydrogen-bond donors (Lipinski definition) is 3. The Labute approximate surface area is 97.7 Å². The zero-order valence-electron chi connectivity index (χ0n) is 9.05. The van der Waals surface area contributed by atoms with Gasteiger partial charge in [-0.2, -0.15) is 0 Å². The molecule has 0 saturated heterocycles. The van der Waals surface area contributed by atoms with Gasteiger partial charge >= 0.3 is 0 Å². The fourth-order valence-corrected chi connectivity index (χ4v) is 1.38. The Morgan fingerprint density at radius 3 is 3.06 bits per heavy atom. The third-order valence-electron chi connectivity index (χ3n) is 2.19. The zero-order valence-corrected chi connectivity index (χ0v) is 9.05. The van der Waals surface area contributed by atoms with E-state index in [9.17, 15) is 9.90 Å². The number of nitrogens with one attached hydrogen (secondary N) is 2. The first-order valence-electron chi connectivity index (χ1n) is 5.16. The molecule has 2 heterocycles. The van der Waals surface area contributed by atoms with E-state index in [2.05, 4.69) is 20.3 Å². The third kappa shape index (κ3) is 3.04. The van der Waals surface area contributed by atoms with Crippen molar-refractivity contribution in [3.63, 3.8) is 0 Å². The summed E-state index contributed by atoms with van der Waals surface area (Å²) in [7, 11) is 0. The number of nitrogens with zero attached hydrogens (tertiary/aromatic N) is 2. The number of carbonyl (C=O) groups is 1. The number of aromatic hydroxyl groups is 1. The minimum atomic E-state index is -0.264. The van der Waals surface area contributed by atoms with Crippen molar-refractivity contribution >= 4 is 5.91 Å². The lowest BCUT2D eigenvalue weighted by Gasteiger charge is -2.03. The van der Waals surface area contributed by atoms with Gasteiger partial charge in [0.05, 0.1) is 11.8 Å². The van der Waals surface area contributed by atoms with Crippen molar-refractivity contribution in [2.75, 3.05) is 6.54 Å². The Morgan fingerprint density at radius 1 is 1.47 bits per heavy atom. The molecule has 0 bridgehead atoms. The van der Waals surface area contributed by atoms with Crippen LogP contribution in [-0.2, 0) is 6.42 Å². The van der Waals surface area contributed by atoms with Crippen molar-refractivity contribution in [2.24, 2.45) is 0 Å². The van der Waals surface area contributed by atoms with Crippen LogP contribution in [0.15, 0.2) is 30.9 Å². The maximum absolute atomic E-state index is 11.6. The molecule has 0 aliphatic rings. The van der Waals surface area contributed by atoms with E-state index in [1.54, 1.807) is 12.4 Å². The standard InChI is InChI=1S/C11H12N4O2/c16-9-5-8(6-12-7-9)11(17)15-2-1-10-13-3-4-14-10/h3-7,16H,1-2H2,(H,13,14)(H,15,17). The van der Waals surface area contributed by atoms with Crippen LogP contribution in [0.5, 0.6) is 5.75 Å². The first kappa shape index (κ1) is 11.1. The molecule has 88 valence electrons. The Kier molecular flexibility index (Phi) is 3.34. The summed E-state index contributed by atoms with van der Waals surface area (Å²) in [5, 5.41) is 11.9. The van der Waals surface area contributed by atoms with Gasteiger partial charge in [0.25, 0.3) is 5.91 Å². The normalized spacial score (nSPS) is 10.1. The lowest BCUT2D eigenvalue weighted by molar-refractivity contribution is 0.0953. The van der Waals surface area contributed by atoms with Crippen molar-refractivity contribution in [1.82, 2.24) is 20.3 Å². The molecule has 0 aromatic carbocycles. The quantitative estimate of drug-likeness (QED) is 0.715. The highest BCUT2D eigenvalue weighted by Crippen LogP contribution is 2.07. The van der Waals surface area contributed by atoms with E-state index in [4.69, 9.17) is 0 Å². The van der Waals surface area contributed by atoms with Gasteiger partial charge in [0.15, 0.2) is 0 Å². The van der Waals surface area contributed by atoms with Crippen LogP contribution in [0.4, 0.5) is 0 Å². The Bertz CT molecular complexity index is 496. The summed E-state index contributed by atoms with van der Waals surface area (Å²) in [5.74, 6) is 0.531. The highest BCUT2D eigenvalue weighted by molar-refractivity contribution is 5.94. The molecular formula is C11H12N4O2. The van der Waals surface area contributed by atoms with Gasteiger partial charge in [-0.1, -0.05) is 0 Å². The minimum absolute atomic E-state index is 0.0244. The highest BCUT2D eigenvalue weighted by Gasteiger charge is 2.06. The van der Waals surface area contributed by atoms with Crippen molar-refractivity contribution in [3.05, 3.63) is 42.2 Å². The van der Waals surface area contributed by atoms with Crippen molar-refractivity contribution in [3.8, 4) is 5.75 Å². The summed E-state index contributed by atoms with van der Waals surface area (Å²) in [6.45, 7) is 0.474. The van der Waals surface area contributed by atoms with Gasteiger partial charge in [0, 0.05) is 31.6 Å². The largest absolute Gasteiger partial charge is 0.506 e. The molecule has 0 spiro atoms. The molecule has 6 nitrogen and oxygen atoms in total. The van der Waals surface area contributed by atoms with Gasteiger partial charge in [-0.3, -0.25) is 9.78 Å². The van der Waals surface area contributed by atoms with Crippen LogP contribution >= 0.6 is 0 Å². The predicted octanol–water partition coefficient (Wildman–Crippen LogP) is 0.483. The topological polar surface area (TPSA) is 90.9 Å². The molecule has 0 unspecified atom stereocenters. The molecule has 2 aromatic rings. The number of amides is 1. The van der Waals surface area contributed by atoms with Crippen LogP contribution in [-0.4, -0.2) is 32.5 Å². The summed E-state index contributed by atoms with van der Waals surface area (Å²) < 4.78 is 0. The van der Waals surface area contributed by atoms with E-state index in [-0.39, 0.29) is 11.7 Å². The van der Waals surface area contributed by atoms with E-state index >= 15 is 0 Å². The lowest BCUT2D eigenvalue weighted by atomic mass is 10.2. The maximum atomic E-state index is 11.6. The molecule has 0 fully saturated rings. The maximum Gasteiger partial charge on any atom is 0.252 e. The van der Waals surface area contributed by atoms with Gasteiger partial charge in [-0.15, -0.1) is 0 Å². The number of aromatic nitrogens is 3. The van der Waals surface area contributed by atoms with E-state index in [1.165, 1.54) is 18.5 Å². The number of rotatable bonds is 4. The Balaban J connectivity index is 1.85. The molecule has 0 aliphatic heterocycles. The van der Waals surface area contributed by atoms with Crippen LogP contribution in [0.1, 0.15) is 16.2 Å². The first-order valence-corrected chi connectivity index (χ1v) is 5.16. The summed E-state index contributed by atoms with van der Waals surface area (Å²) >= 11 is 0. The molecule has 1 amide bonds. The van der Waals surface area contributed by atoms with Gasteiger partial charge in [0.2, 0.25) is 0 Å². The number of hydrogen-bond acceptors (Lipinski definition) is 4. The van der Waals surface area contributed by atoms with E-state index in [1.807, 2.05) is 0 Å². The predicted molar refractivity (Wildman–Crippen MR) is 60.5 cm³/mol. The second kappa shape index (κ2) is 5.11. The first-order chi connectivity index (χ1) is 8.25. The van der Waals surface area contributed by atoms with Crippen LogP contribution in [0.25, 0.3) is 0 Å². The number of imidazole rings is 1. The summed E-state index contributed by atoms with van der Waals surface area (Å²) in [5.41, 5.74) is 0.337. The molecule has 2 aromatic heterocycles. The number of H-pyrrole nitrogens is 1. The number of pyridine rings is 1.